The molecule has 1 saturated heterocycles. The molecule has 2 amide bonds. The molecule has 1 fully saturated rings. The zero-order chi connectivity index (χ0) is 16.5. The van der Waals surface area contributed by atoms with Crippen LogP contribution in [-0.4, -0.2) is 46.2 Å². The zero-order valence-electron chi connectivity index (χ0n) is 12.7. The fraction of sp³-hybridized carbons (Fsp3) is 0.312. The van der Waals surface area contributed by atoms with E-state index in [-0.39, 0.29) is 11.8 Å². The van der Waals surface area contributed by atoms with Gasteiger partial charge in [0.2, 0.25) is 5.91 Å². The second kappa shape index (κ2) is 6.12. The number of hydrogen-bond acceptors (Lipinski definition) is 6. The summed E-state index contributed by atoms with van der Waals surface area (Å²) in [6, 6.07) is 1.92. The van der Waals surface area contributed by atoms with Crippen LogP contribution in [0.25, 0.3) is 11.5 Å². The maximum atomic E-state index is 12.5. The summed E-state index contributed by atoms with van der Waals surface area (Å²) in [5, 5.41) is 7.95. The fourth-order valence-electron chi connectivity index (χ4n) is 2.90. The number of aliphatic imine (C=N–C) groups is 1. The highest BCUT2D eigenvalue weighted by atomic mass is 32.1. The van der Waals surface area contributed by atoms with Crippen molar-refractivity contribution in [2.24, 2.45) is 10.9 Å². The lowest BCUT2D eigenvalue weighted by Gasteiger charge is -2.20. The first kappa shape index (κ1) is 14.9. The van der Waals surface area contributed by atoms with Gasteiger partial charge in [-0.05, 0) is 23.9 Å². The van der Waals surface area contributed by atoms with Gasteiger partial charge in [0.1, 0.15) is 5.92 Å². The Morgan fingerprint density at radius 1 is 1.42 bits per heavy atom. The van der Waals surface area contributed by atoms with E-state index in [0.29, 0.717) is 24.8 Å². The lowest BCUT2D eigenvalue weighted by atomic mass is 10.1. The summed E-state index contributed by atoms with van der Waals surface area (Å²) in [5.41, 5.74) is 0.903. The molecule has 2 aliphatic rings. The van der Waals surface area contributed by atoms with Gasteiger partial charge in [0.25, 0.3) is 11.8 Å². The van der Waals surface area contributed by atoms with Crippen molar-refractivity contribution in [3.8, 4) is 11.5 Å². The monoisotopic (exact) mass is 342 g/mol. The number of amides is 2. The summed E-state index contributed by atoms with van der Waals surface area (Å²) in [5.74, 6) is -0.301. The van der Waals surface area contributed by atoms with Gasteiger partial charge in [0.15, 0.2) is 5.82 Å². The van der Waals surface area contributed by atoms with Gasteiger partial charge in [-0.2, -0.15) is 16.3 Å². The molecule has 0 bridgehead atoms. The van der Waals surface area contributed by atoms with Crippen LogP contribution in [0.2, 0.25) is 0 Å². The third-order valence-electron chi connectivity index (χ3n) is 4.20. The van der Waals surface area contributed by atoms with Crippen LogP contribution in [0, 0.1) is 5.92 Å². The van der Waals surface area contributed by atoms with Crippen LogP contribution in [0.5, 0.6) is 0 Å². The Balaban J connectivity index is 1.45. The van der Waals surface area contributed by atoms with Crippen molar-refractivity contribution in [2.45, 2.75) is 12.3 Å². The average Bonchev–Trinajstić information content (AvgIpc) is 3.33. The minimum absolute atomic E-state index is 0.0243. The van der Waals surface area contributed by atoms with Gasteiger partial charge in [-0.25, -0.2) is 4.99 Å². The summed E-state index contributed by atoms with van der Waals surface area (Å²) in [6.07, 6.45) is 5.38. The third-order valence-corrected chi connectivity index (χ3v) is 4.88. The number of nitrogens with zero attached hydrogens (tertiary/aromatic N) is 4. The largest absolute Gasteiger partial charge is 0.341 e. The topological polar surface area (TPSA) is 88.7 Å². The van der Waals surface area contributed by atoms with E-state index in [2.05, 4.69) is 15.1 Å². The van der Waals surface area contributed by atoms with Gasteiger partial charge >= 0.3 is 0 Å². The van der Waals surface area contributed by atoms with E-state index in [1.54, 1.807) is 28.4 Å². The third kappa shape index (κ3) is 2.69. The van der Waals surface area contributed by atoms with Gasteiger partial charge in [-0.15, -0.1) is 0 Å². The Morgan fingerprint density at radius 2 is 2.33 bits per heavy atom. The van der Waals surface area contributed by atoms with E-state index < -0.39 is 11.8 Å². The van der Waals surface area contributed by atoms with Crippen LogP contribution < -0.4 is 0 Å². The van der Waals surface area contributed by atoms with Crippen molar-refractivity contribution in [2.75, 3.05) is 13.1 Å². The molecule has 0 aromatic carbocycles. The van der Waals surface area contributed by atoms with Gasteiger partial charge in [-0.1, -0.05) is 11.2 Å². The summed E-state index contributed by atoms with van der Waals surface area (Å²) in [6.45, 7) is 1.07. The quantitative estimate of drug-likeness (QED) is 0.795. The zero-order valence-corrected chi connectivity index (χ0v) is 13.5. The number of aromatic nitrogens is 2. The molecule has 4 rings (SSSR count). The van der Waals surface area contributed by atoms with E-state index in [0.717, 1.165) is 12.0 Å². The van der Waals surface area contributed by atoms with E-state index in [1.807, 2.05) is 16.8 Å². The molecule has 0 aliphatic carbocycles. The molecular formula is C16H14N4O3S. The molecule has 0 N–H and O–H groups in total. The summed E-state index contributed by atoms with van der Waals surface area (Å²) >= 11 is 1.57. The molecule has 8 heteroatoms. The van der Waals surface area contributed by atoms with E-state index >= 15 is 0 Å². The highest BCUT2D eigenvalue weighted by Crippen LogP contribution is 2.29. The Hall–Kier alpha value is -2.61. The van der Waals surface area contributed by atoms with Crippen LogP contribution in [0.3, 0.4) is 0 Å². The van der Waals surface area contributed by atoms with E-state index in [9.17, 15) is 9.59 Å². The van der Waals surface area contributed by atoms with Crippen molar-refractivity contribution >= 4 is 29.4 Å². The average molecular weight is 342 g/mol. The van der Waals surface area contributed by atoms with Crippen molar-refractivity contribution < 1.29 is 14.1 Å². The van der Waals surface area contributed by atoms with Gasteiger partial charge in [0, 0.05) is 30.6 Å². The summed E-state index contributed by atoms with van der Waals surface area (Å²) in [4.78, 5) is 34.0. The predicted octanol–water partition coefficient (Wildman–Crippen LogP) is 1.90. The standard InChI is InChI=1S/C16H14N4O3S/c21-14-12(2-1-5-17-14)16(22)20-6-3-10(8-20)13-18-15(23-19-13)11-4-7-24-9-11/h1-2,4-5,7,9-10,12H,3,6,8H2. The van der Waals surface area contributed by atoms with Crippen LogP contribution in [0.15, 0.2) is 38.5 Å². The fourth-order valence-corrected chi connectivity index (χ4v) is 3.53. The van der Waals surface area contributed by atoms with E-state index in [1.165, 1.54) is 6.21 Å². The number of likely N-dealkylation sites (tertiary alicyclic amines) is 1. The van der Waals surface area contributed by atoms with Gasteiger partial charge < -0.3 is 9.42 Å². The highest BCUT2D eigenvalue weighted by Gasteiger charge is 2.35. The SMILES string of the molecule is O=C1N=CC=CC1C(=O)N1CCC(c2noc(-c3ccsc3)n2)C1. The molecule has 24 heavy (non-hydrogen) atoms. The molecule has 4 heterocycles. The maximum Gasteiger partial charge on any atom is 0.262 e. The molecule has 0 radical (unpaired) electrons. The molecule has 122 valence electrons. The van der Waals surface area contributed by atoms with Gasteiger partial charge in [-0.3, -0.25) is 9.59 Å². The summed E-state index contributed by atoms with van der Waals surface area (Å²) in [7, 11) is 0. The smallest absolute Gasteiger partial charge is 0.262 e. The lowest BCUT2D eigenvalue weighted by molar-refractivity contribution is -0.138. The molecule has 2 unspecified atom stereocenters. The number of hydrogen-bond donors (Lipinski definition) is 0. The minimum atomic E-state index is -0.805. The molecule has 7 nitrogen and oxygen atoms in total. The Bertz CT molecular complexity index is 824. The molecule has 2 aliphatic heterocycles. The normalized spacial score (nSPS) is 23.2. The molecular weight excluding hydrogens is 328 g/mol. The minimum Gasteiger partial charge on any atom is -0.341 e. The number of dihydropyridines is 1. The number of carbonyl (C=O) groups excluding carboxylic acids is 2. The van der Waals surface area contributed by atoms with Crippen molar-refractivity contribution in [1.29, 1.82) is 0 Å². The number of thiophene rings is 1. The first-order valence-corrected chi connectivity index (χ1v) is 8.56. The molecule has 2 aromatic heterocycles. The number of rotatable bonds is 3. The van der Waals surface area contributed by atoms with Crippen LogP contribution in [0.4, 0.5) is 0 Å². The molecule has 0 spiro atoms. The first-order chi connectivity index (χ1) is 11.7. The Labute approximate surface area is 141 Å². The molecule has 2 aromatic rings. The Kier molecular flexibility index (Phi) is 3.81. The highest BCUT2D eigenvalue weighted by molar-refractivity contribution is 7.08. The first-order valence-electron chi connectivity index (χ1n) is 7.62. The molecule has 2 atom stereocenters. The van der Waals surface area contributed by atoms with Crippen LogP contribution in [-0.2, 0) is 9.59 Å². The Morgan fingerprint density at radius 3 is 3.12 bits per heavy atom. The predicted molar refractivity (Wildman–Crippen MR) is 87.7 cm³/mol. The molecule has 0 saturated carbocycles. The van der Waals surface area contributed by atoms with Crippen molar-refractivity contribution in [3.05, 3.63) is 34.8 Å². The van der Waals surface area contributed by atoms with E-state index in [4.69, 9.17) is 4.52 Å². The lowest BCUT2D eigenvalue weighted by Crippen LogP contribution is -2.37. The second-order valence-electron chi connectivity index (χ2n) is 5.72. The van der Waals surface area contributed by atoms with Crippen LogP contribution >= 0.6 is 11.3 Å². The summed E-state index contributed by atoms with van der Waals surface area (Å²) < 4.78 is 5.31. The van der Waals surface area contributed by atoms with Crippen molar-refractivity contribution in [1.82, 2.24) is 15.0 Å². The van der Waals surface area contributed by atoms with Crippen molar-refractivity contribution in [3.63, 3.8) is 0 Å². The number of carbonyl (C=O) groups is 2. The maximum absolute atomic E-state index is 12.5. The van der Waals surface area contributed by atoms with Gasteiger partial charge in [0.05, 0.1) is 5.56 Å². The second-order valence-corrected chi connectivity index (χ2v) is 6.50. The number of allylic oxidation sites excluding steroid dienone is 1. The van der Waals surface area contributed by atoms with Crippen LogP contribution in [0.1, 0.15) is 18.2 Å².